The molecule has 0 aliphatic carbocycles. The number of aromatic amines is 1. The molecule has 0 saturated heterocycles. The Hall–Kier alpha value is -4.35. The summed E-state index contributed by atoms with van der Waals surface area (Å²) in [6.45, 7) is 9.57. The quantitative estimate of drug-likeness (QED) is 0.222. The fourth-order valence-electron chi connectivity index (χ4n) is 4.72. The van der Waals surface area contributed by atoms with Gasteiger partial charge < -0.3 is 15.4 Å². The Labute approximate surface area is 238 Å². The Bertz CT molecular complexity index is 1790. The van der Waals surface area contributed by atoms with E-state index in [9.17, 15) is 23.1 Å². The number of H-pyrrole nitrogens is 1. The summed E-state index contributed by atoms with van der Waals surface area (Å²) in [6, 6.07) is 9.19. The zero-order valence-electron chi connectivity index (χ0n) is 23.6. The van der Waals surface area contributed by atoms with Crippen molar-refractivity contribution in [2.45, 2.75) is 52.0 Å². The fraction of sp³-hybridized carbons (Fsp3) is 0.267. The van der Waals surface area contributed by atoms with Gasteiger partial charge in [0.25, 0.3) is 5.56 Å². The van der Waals surface area contributed by atoms with Gasteiger partial charge in [-0.05, 0) is 92.3 Å². The zero-order chi connectivity index (χ0) is 29.9. The first-order valence-electron chi connectivity index (χ1n) is 13.1. The second-order valence-corrected chi connectivity index (χ2v) is 11.6. The number of aromatic nitrogens is 3. The first-order chi connectivity index (χ1) is 19.4. The summed E-state index contributed by atoms with van der Waals surface area (Å²) in [5.74, 6) is -0.572. The molecule has 11 heteroatoms. The van der Waals surface area contributed by atoms with Crippen molar-refractivity contribution in [2.24, 2.45) is 0 Å². The summed E-state index contributed by atoms with van der Waals surface area (Å²) in [6.07, 6.45) is 5.11. The van der Waals surface area contributed by atoms with E-state index in [1.54, 1.807) is 38.2 Å². The van der Waals surface area contributed by atoms with E-state index in [2.05, 4.69) is 25.0 Å². The molecule has 4 rings (SSSR count). The van der Waals surface area contributed by atoms with E-state index < -0.39 is 27.6 Å². The van der Waals surface area contributed by atoms with Gasteiger partial charge in [-0.3, -0.25) is 9.59 Å². The molecule has 0 aliphatic heterocycles. The number of aliphatic carboxylic acids is 1. The summed E-state index contributed by atoms with van der Waals surface area (Å²) in [5.41, 5.74) is 4.50. The van der Waals surface area contributed by atoms with Gasteiger partial charge in [0, 0.05) is 19.2 Å². The number of nitrogens with one attached hydrogen (secondary N) is 3. The van der Waals surface area contributed by atoms with Gasteiger partial charge >= 0.3 is 5.97 Å². The molecule has 2 heterocycles. The molecule has 4 N–H and O–H groups in total. The highest BCUT2D eigenvalue weighted by Gasteiger charge is 2.30. The van der Waals surface area contributed by atoms with Crippen LogP contribution in [-0.4, -0.2) is 47.0 Å². The van der Waals surface area contributed by atoms with Gasteiger partial charge in [0.05, 0.1) is 15.8 Å². The van der Waals surface area contributed by atoms with E-state index in [-0.39, 0.29) is 17.1 Å². The molecule has 0 fully saturated rings. The van der Waals surface area contributed by atoms with Gasteiger partial charge in [0.15, 0.2) is 0 Å². The summed E-state index contributed by atoms with van der Waals surface area (Å²) >= 11 is 0. The molecular formula is C30H33N5O5S. The van der Waals surface area contributed by atoms with Gasteiger partial charge in [0.1, 0.15) is 17.7 Å². The van der Waals surface area contributed by atoms with Crippen LogP contribution in [0, 0.1) is 34.6 Å². The normalized spacial score (nSPS) is 12.6. The van der Waals surface area contributed by atoms with Crippen LogP contribution in [0.15, 0.2) is 58.4 Å². The Balaban J connectivity index is 1.55. The van der Waals surface area contributed by atoms with Gasteiger partial charge in [-0.25, -0.2) is 18.4 Å². The number of nitrogens with zero attached hydrogens (tertiary/aromatic N) is 2. The number of carboxylic acids is 1. The van der Waals surface area contributed by atoms with Crippen molar-refractivity contribution in [3.8, 4) is 0 Å². The molecule has 0 amide bonds. The number of carboxylic acid groups (broad SMARTS) is 1. The smallest absolute Gasteiger partial charge is 0.322 e. The highest BCUT2D eigenvalue weighted by Crippen LogP contribution is 2.29. The number of rotatable bonds is 10. The van der Waals surface area contributed by atoms with Crippen molar-refractivity contribution in [1.29, 1.82) is 0 Å². The summed E-state index contributed by atoms with van der Waals surface area (Å²) in [5, 5.41) is 13.4. The van der Waals surface area contributed by atoms with Gasteiger partial charge in [-0.2, -0.15) is 4.72 Å². The summed E-state index contributed by atoms with van der Waals surface area (Å²) < 4.78 is 29.2. The molecule has 214 valence electrons. The minimum Gasteiger partial charge on any atom is -0.480 e. The topological polar surface area (TPSA) is 154 Å². The summed E-state index contributed by atoms with van der Waals surface area (Å²) in [4.78, 5) is 36.3. The Kier molecular flexibility index (Phi) is 8.69. The van der Waals surface area contributed by atoms with Crippen LogP contribution in [0.1, 0.15) is 39.2 Å². The maximum absolute atomic E-state index is 13.4. The van der Waals surface area contributed by atoms with Crippen LogP contribution < -0.4 is 15.6 Å². The molecular weight excluding hydrogens is 542 g/mol. The standard InChI is InChI=1S/C30H33N5O5S/c1-17-18(2)20(4)28(21(5)19(17)3)41(39,40)35-25(30(37)38)16-27-33-24-12-11-22(15-23(24)29(36)34-27)9-8-14-32-26-10-6-7-13-31-26/h6-13,15,25,35H,14,16H2,1-5H3,(H,31,32)(H,37,38)(H,33,34,36)/t25-/m0/s1. The lowest BCUT2D eigenvalue weighted by molar-refractivity contribution is -0.139. The zero-order valence-corrected chi connectivity index (χ0v) is 24.4. The third kappa shape index (κ3) is 6.53. The van der Waals surface area contributed by atoms with Crippen LogP contribution in [0.25, 0.3) is 17.0 Å². The molecule has 1 atom stereocenters. The van der Waals surface area contributed by atoms with Crippen LogP contribution in [0.3, 0.4) is 0 Å². The Morgan fingerprint density at radius 2 is 1.71 bits per heavy atom. The van der Waals surface area contributed by atoms with Gasteiger partial charge in [-0.15, -0.1) is 0 Å². The predicted molar refractivity (Wildman–Crippen MR) is 160 cm³/mol. The van der Waals surface area contributed by atoms with Crippen molar-refractivity contribution < 1.29 is 18.3 Å². The van der Waals surface area contributed by atoms with Crippen molar-refractivity contribution in [3.05, 3.63) is 98.2 Å². The van der Waals surface area contributed by atoms with Crippen molar-refractivity contribution >= 4 is 38.8 Å². The number of pyridine rings is 1. The lowest BCUT2D eigenvalue weighted by Gasteiger charge is -2.21. The molecule has 0 unspecified atom stereocenters. The maximum Gasteiger partial charge on any atom is 0.322 e. The first-order valence-corrected chi connectivity index (χ1v) is 14.5. The molecule has 0 bridgehead atoms. The molecule has 2 aromatic carbocycles. The second kappa shape index (κ2) is 12.0. The van der Waals surface area contributed by atoms with Crippen molar-refractivity contribution in [2.75, 3.05) is 11.9 Å². The number of hydrogen-bond donors (Lipinski definition) is 4. The minimum atomic E-state index is -4.20. The fourth-order valence-corrected chi connectivity index (χ4v) is 6.51. The number of fused-ring (bicyclic) bond motifs is 1. The van der Waals surface area contributed by atoms with Gasteiger partial charge in [-0.1, -0.05) is 24.3 Å². The largest absolute Gasteiger partial charge is 0.480 e. The van der Waals surface area contributed by atoms with E-state index in [4.69, 9.17) is 0 Å². The number of anilines is 1. The number of sulfonamides is 1. The molecule has 0 saturated carbocycles. The minimum absolute atomic E-state index is 0.0603. The molecule has 41 heavy (non-hydrogen) atoms. The SMILES string of the molecule is Cc1c(C)c(C)c(S(=O)(=O)N[C@@H](Cc2nc3ccc(C=CCNc4ccccn4)cc3c(=O)[nH]2)C(=O)O)c(C)c1C. The maximum atomic E-state index is 13.4. The first kappa shape index (κ1) is 29.6. The third-order valence-corrected chi connectivity index (χ3v) is 9.09. The highest BCUT2D eigenvalue weighted by atomic mass is 32.2. The lowest BCUT2D eigenvalue weighted by atomic mass is 9.95. The van der Waals surface area contributed by atoms with Crippen molar-refractivity contribution in [3.63, 3.8) is 0 Å². The predicted octanol–water partition coefficient (Wildman–Crippen LogP) is 3.96. The molecule has 10 nitrogen and oxygen atoms in total. The van der Waals surface area contributed by atoms with E-state index in [0.29, 0.717) is 28.6 Å². The van der Waals surface area contributed by atoms with E-state index in [0.717, 1.165) is 28.1 Å². The number of hydrogen-bond acceptors (Lipinski definition) is 7. The van der Waals surface area contributed by atoms with Gasteiger partial charge in [0.2, 0.25) is 10.0 Å². The second-order valence-electron chi connectivity index (χ2n) is 9.96. The number of benzene rings is 2. The number of carbonyl (C=O) groups is 1. The van der Waals surface area contributed by atoms with Crippen molar-refractivity contribution in [1.82, 2.24) is 19.7 Å². The monoisotopic (exact) mass is 575 g/mol. The van der Waals surface area contributed by atoms with Crippen LogP contribution in [0.4, 0.5) is 5.82 Å². The van der Waals surface area contributed by atoms with Crippen LogP contribution >= 0.6 is 0 Å². The van der Waals surface area contributed by atoms with E-state index in [1.165, 1.54) is 0 Å². The average Bonchev–Trinajstić information content (AvgIpc) is 2.93. The summed E-state index contributed by atoms with van der Waals surface area (Å²) in [7, 11) is -4.20. The van der Waals surface area contributed by atoms with Crippen LogP contribution in [0.2, 0.25) is 0 Å². The van der Waals surface area contributed by atoms with Crippen LogP contribution in [0.5, 0.6) is 0 Å². The van der Waals surface area contributed by atoms with E-state index >= 15 is 0 Å². The third-order valence-electron chi connectivity index (χ3n) is 7.35. The Morgan fingerprint density at radius 1 is 1.02 bits per heavy atom. The van der Waals surface area contributed by atoms with E-state index in [1.807, 2.05) is 51.1 Å². The molecule has 0 radical (unpaired) electrons. The Morgan fingerprint density at radius 3 is 2.34 bits per heavy atom. The molecule has 2 aromatic heterocycles. The molecule has 4 aromatic rings. The van der Waals surface area contributed by atoms with Crippen LogP contribution in [-0.2, 0) is 21.2 Å². The molecule has 0 spiro atoms. The highest BCUT2D eigenvalue weighted by molar-refractivity contribution is 7.89. The average molecular weight is 576 g/mol. The lowest BCUT2D eigenvalue weighted by Crippen LogP contribution is -2.43. The molecule has 0 aliphatic rings.